The molecule has 0 atom stereocenters. The quantitative estimate of drug-likeness (QED) is 0.378. The fourth-order valence-electron chi connectivity index (χ4n) is 0.538. The fourth-order valence-corrected chi connectivity index (χ4v) is 0.538. The van der Waals surface area contributed by atoms with Crippen LogP contribution < -0.4 is 0 Å². The molecule has 14 heavy (non-hydrogen) atoms. The van der Waals surface area contributed by atoms with Gasteiger partial charge in [0, 0.05) is 13.0 Å². The Bertz CT molecular complexity index is 280. The van der Waals surface area contributed by atoms with Gasteiger partial charge in [-0.05, 0) is 13.0 Å². The molecular weight excluding hydrogens is 184 g/mol. The maximum absolute atomic E-state index is 10.7. The van der Waals surface area contributed by atoms with E-state index in [0.29, 0.717) is 6.61 Å². The van der Waals surface area contributed by atoms with Crippen molar-refractivity contribution in [1.29, 1.82) is 0 Å². The smallest absolute Gasteiger partial charge is 0.331 e. The molecule has 0 bridgehead atoms. The molecule has 0 saturated heterocycles. The zero-order valence-corrected chi connectivity index (χ0v) is 8.20. The zero-order chi connectivity index (χ0) is 10.8. The van der Waals surface area contributed by atoms with Crippen LogP contribution in [-0.2, 0) is 19.1 Å². The summed E-state index contributed by atoms with van der Waals surface area (Å²) >= 11 is 0. The Labute approximate surface area is 82.9 Å². The van der Waals surface area contributed by atoms with E-state index in [1.54, 1.807) is 6.92 Å². The molecule has 0 aromatic rings. The predicted molar refractivity (Wildman–Crippen MR) is 50.2 cm³/mol. The lowest BCUT2D eigenvalue weighted by atomic mass is 10.5. The van der Waals surface area contributed by atoms with Gasteiger partial charge in [-0.2, -0.15) is 0 Å². The average molecular weight is 196 g/mol. The van der Waals surface area contributed by atoms with Gasteiger partial charge in [-0.1, -0.05) is 11.8 Å². The Balaban J connectivity index is 3.69. The molecule has 0 aliphatic rings. The van der Waals surface area contributed by atoms with E-state index < -0.39 is 5.97 Å². The third-order valence-electron chi connectivity index (χ3n) is 1.04. The number of hydrogen-bond acceptors (Lipinski definition) is 4. The molecule has 0 aromatic carbocycles. The summed E-state index contributed by atoms with van der Waals surface area (Å²) in [7, 11) is 0. The van der Waals surface area contributed by atoms with Crippen LogP contribution in [0.15, 0.2) is 12.2 Å². The first kappa shape index (κ1) is 12.2. The minimum absolute atomic E-state index is 0.0303. The maximum atomic E-state index is 10.7. The number of carbonyl (C=O) groups is 2. The minimum atomic E-state index is -0.436. The molecule has 0 spiro atoms. The monoisotopic (exact) mass is 196 g/mol. The Morgan fingerprint density at radius 3 is 2.64 bits per heavy atom. The normalized spacial score (nSPS) is 9.00. The first-order valence-electron chi connectivity index (χ1n) is 4.12. The lowest BCUT2D eigenvalue weighted by Gasteiger charge is -1.92. The van der Waals surface area contributed by atoms with Crippen LogP contribution in [0.5, 0.6) is 0 Å². The summed E-state index contributed by atoms with van der Waals surface area (Å²) in [5.74, 6) is 4.23. The van der Waals surface area contributed by atoms with Gasteiger partial charge in [0.1, 0.15) is 0 Å². The van der Waals surface area contributed by atoms with Crippen LogP contribution in [0.25, 0.3) is 0 Å². The summed E-state index contributed by atoms with van der Waals surface area (Å²) in [4.78, 5) is 21.0. The van der Waals surface area contributed by atoms with Crippen LogP contribution >= 0.6 is 0 Å². The molecular formula is C10H12O4. The van der Waals surface area contributed by atoms with Gasteiger partial charge in [0.25, 0.3) is 0 Å². The number of hydrogen-bond donors (Lipinski definition) is 0. The van der Waals surface area contributed by atoms with Crippen LogP contribution in [0.1, 0.15) is 13.8 Å². The van der Waals surface area contributed by atoms with Gasteiger partial charge in [0.15, 0.2) is 6.61 Å². The Morgan fingerprint density at radius 2 is 2.07 bits per heavy atom. The SMILES string of the molecule is CCOC(=O)/C=C/C#CCOC(C)=O. The second-order valence-electron chi connectivity index (χ2n) is 2.19. The van der Waals surface area contributed by atoms with Crippen molar-refractivity contribution in [3.05, 3.63) is 12.2 Å². The number of carbonyl (C=O) groups excluding carboxylic acids is 2. The van der Waals surface area contributed by atoms with E-state index in [1.165, 1.54) is 19.1 Å². The van der Waals surface area contributed by atoms with Gasteiger partial charge < -0.3 is 9.47 Å². The molecule has 0 radical (unpaired) electrons. The molecule has 0 fully saturated rings. The van der Waals surface area contributed by atoms with E-state index in [9.17, 15) is 9.59 Å². The summed E-state index contributed by atoms with van der Waals surface area (Å²) < 4.78 is 9.14. The standard InChI is InChI=1S/C10H12O4/c1-3-13-10(12)7-5-4-6-8-14-9(2)11/h5,7H,3,8H2,1-2H3/b7-5+. The van der Waals surface area contributed by atoms with E-state index in [-0.39, 0.29) is 12.6 Å². The number of esters is 2. The third kappa shape index (κ3) is 8.34. The fraction of sp³-hybridized carbons (Fsp3) is 0.400. The van der Waals surface area contributed by atoms with Crippen LogP contribution in [-0.4, -0.2) is 25.2 Å². The van der Waals surface area contributed by atoms with Crippen molar-refractivity contribution in [1.82, 2.24) is 0 Å². The van der Waals surface area contributed by atoms with E-state index >= 15 is 0 Å². The molecule has 0 unspecified atom stereocenters. The molecule has 76 valence electrons. The van der Waals surface area contributed by atoms with E-state index in [2.05, 4.69) is 21.3 Å². The second-order valence-corrected chi connectivity index (χ2v) is 2.19. The summed E-state index contributed by atoms with van der Waals surface area (Å²) in [6.45, 7) is 3.39. The first-order chi connectivity index (χ1) is 6.66. The van der Waals surface area contributed by atoms with Crippen LogP contribution in [0, 0.1) is 11.8 Å². The predicted octanol–water partition coefficient (Wildman–Crippen LogP) is 0.672. The van der Waals surface area contributed by atoms with E-state index in [0.717, 1.165) is 0 Å². The number of ether oxygens (including phenoxy) is 2. The highest BCUT2D eigenvalue weighted by Crippen LogP contribution is 1.80. The van der Waals surface area contributed by atoms with Crippen molar-refractivity contribution in [2.24, 2.45) is 0 Å². The van der Waals surface area contributed by atoms with Crippen molar-refractivity contribution in [2.75, 3.05) is 13.2 Å². The van der Waals surface area contributed by atoms with Gasteiger partial charge in [0.05, 0.1) is 6.61 Å². The van der Waals surface area contributed by atoms with Crippen LogP contribution in [0.3, 0.4) is 0 Å². The van der Waals surface area contributed by atoms with Crippen molar-refractivity contribution < 1.29 is 19.1 Å². The molecule has 0 aliphatic heterocycles. The molecule has 0 N–H and O–H groups in total. The Morgan fingerprint density at radius 1 is 1.36 bits per heavy atom. The van der Waals surface area contributed by atoms with E-state index in [1.807, 2.05) is 0 Å². The largest absolute Gasteiger partial charge is 0.463 e. The number of allylic oxidation sites excluding steroid dienone is 1. The second kappa shape index (κ2) is 7.87. The van der Waals surface area contributed by atoms with Crippen LogP contribution in [0.2, 0.25) is 0 Å². The third-order valence-corrected chi connectivity index (χ3v) is 1.04. The molecule has 0 rings (SSSR count). The average Bonchev–Trinajstić information content (AvgIpc) is 2.11. The van der Waals surface area contributed by atoms with Gasteiger partial charge in [0.2, 0.25) is 0 Å². The summed E-state index contributed by atoms with van der Waals surface area (Å²) in [5.41, 5.74) is 0. The summed E-state index contributed by atoms with van der Waals surface area (Å²) in [6.07, 6.45) is 2.56. The highest BCUT2D eigenvalue weighted by atomic mass is 16.5. The minimum Gasteiger partial charge on any atom is -0.463 e. The molecule has 0 aliphatic carbocycles. The van der Waals surface area contributed by atoms with Gasteiger partial charge in [-0.15, -0.1) is 0 Å². The molecule has 4 heteroatoms. The summed E-state index contributed by atoms with van der Waals surface area (Å²) in [6, 6.07) is 0. The van der Waals surface area contributed by atoms with Gasteiger partial charge in [-0.25, -0.2) is 4.79 Å². The van der Waals surface area contributed by atoms with Crippen LogP contribution in [0.4, 0.5) is 0 Å². The number of rotatable bonds is 3. The highest BCUT2D eigenvalue weighted by Gasteiger charge is 1.90. The molecule has 0 aromatic heterocycles. The van der Waals surface area contributed by atoms with Crippen molar-refractivity contribution in [3.63, 3.8) is 0 Å². The molecule has 4 nitrogen and oxygen atoms in total. The summed E-state index contributed by atoms with van der Waals surface area (Å²) in [5, 5.41) is 0. The van der Waals surface area contributed by atoms with Crippen molar-refractivity contribution in [2.45, 2.75) is 13.8 Å². The first-order valence-corrected chi connectivity index (χ1v) is 4.12. The highest BCUT2D eigenvalue weighted by molar-refractivity contribution is 5.82. The lowest BCUT2D eigenvalue weighted by Crippen LogP contribution is -1.98. The topological polar surface area (TPSA) is 52.6 Å². The lowest BCUT2D eigenvalue weighted by molar-refractivity contribution is -0.139. The van der Waals surface area contributed by atoms with E-state index in [4.69, 9.17) is 0 Å². The Kier molecular flexibility index (Phi) is 6.88. The van der Waals surface area contributed by atoms with Gasteiger partial charge >= 0.3 is 11.9 Å². The molecule has 0 amide bonds. The van der Waals surface area contributed by atoms with Crippen molar-refractivity contribution >= 4 is 11.9 Å². The Hall–Kier alpha value is -1.76. The van der Waals surface area contributed by atoms with Gasteiger partial charge in [-0.3, -0.25) is 4.79 Å². The van der Waals surface area contributed by atoms with Crippen molar-refractivity contribution in [3.8, 4) is 11.8 Å². The zero-order valence-electron chi connectivity index (χ0n) is 8.20. The molecule has 0 heterocycles. The maximum Gasteiger partial charge on any atom is 0.331 e. The molecule has 0 saturated carbocycles.